The van der Waals surface area contributed by atoms with Gasteiger partial charge in [0.25, 0.3) is 0 Å². The minimum absolute atomic E-state index is 0.369. The van der Waals surface area contributed by atoms with E-state index in [2.05, 4.69) is 42.7 Å². The maximum atomic E-state index is 5.47. The van der Waals surface area contributed by atoms with E-state index in [9.17, 15) is 0 Å². The van der Waals surface area contributed by atoms with Crippen LogP contribution in [0.15, 0.2) is 18.2 Å². The van der Waals surface area contributed by atoms with Gasteiger partial charge < -0.3 is 10.5 Å². The first-order chi connectivity index (χ1) is 10.2. The maximum absolute atomic E-state index is 5.47. The lowest BCUT2D eigenvalue weighted by Crippen LogP contribution is -2.33. The van der Waals surface area contributed by atoms with E-state index in [-0.39, 0.29) is 0 Å². The molecule has 21 heavy (non-hydrogen) atoms. The van der Waals surface area contributed by atoms with Crippen molar-refractivity contribution < 1.29 is 4.74 Å². The van der Waals surface area contributed by atoms with E-state index in [1.54, 1.807) is 7.11 Å². The van der Waals surface area contributed by atoms with Gasteiger partial charge in [0.05, 0.1) is 19.2 Å². The van der Waals surface area contributed by atoms with Gasteiger partial charge in [0.15, 0.2) is 0 Å². The fourth-order valence-electron chi connectivity index (χ4n) is 3.16. The molecule has 2 atom stereocenters. The van der Waals surface area contributed by atoms with Crippen LogP contribution in [0.5, 0.6) is 5.75 Å². The van der Waals surface area contributed by atoms with Gasteiger partial charge in [-0.3, -0.25) is 4.90 Å². The topological polar surface area (TPSA) is 38.5 Å². The Labute approximate surface area is 128 Å². The molecule has 0 bridgehead atoms. The van der Waals surface area contributed by atoms with Crippen molar-refractivity contribution in [3.8, 4) is 17.6 Å². The van der Waals surface area contributed by atoms with Gasteiger partial charge in [0.2, 0.25) is 0 Å². The third kappa shape index (κ3) is 3.78. The van der Waals surface area contributed by atoms with Gasteiger partial charge in [-0.05, 0) is 43.9 Å². The van der Waals surface area contributed by atoms with Crippen molar-refractivity contribution in [3.63, 3.8) is 0 Å². The number of benzene rings is 1. The Hall–Kier alpha value is -1.50. The Morgan fingerprint density at radius 3 is 2.86 bits per heavy atom. The van der Waals surface area contributed by atoms with Crippen LogP contribution in [0.3, 0.4) is 0 Å². The fraction of sp³-hybridized carbons (Fsp3) is 0.556. The number of hydrogen-bond acceptors (Lipinski definition) is 3. The van der Waals surface area contributed by atoms with E-state index in [0.29, 0.717) is 18.6 Å². The smallest absolute Gasteiger partial charge is 0.134 e. The number of likely N-dealkylation sites (tertiary alicyclic amines) is 1. The van der Waals surface area contributed by atoms with Crippen LogP contribution < -0.4 is 10.5 Å². The summed E-state index contributed by atoms with van der Waals surface area (Å²) < 4.78 is 5.37. The quantitative estimate of drug-likeness (QED) is 0.865. The standard InChI is InChI=1S/C18H26N2O/c1-4-17-9-7-14(2)20(17)13-15-8-10-18(21-3)16(12-15)6-5-11-19/h8,10,12,14,17H,4,7,9,11,13,19H2,1-3H3. The number of nitrogens with zero attached hydrogens (tertiary/aromatic N) is 1. The Morgan fingerprint density at radius 2 is 2.19 bits per heavy atom. The van der Waals surface area contributed by atoms with Crippen LogP contribution in [0.2, 0.25) is 0 Å². The molecule has 1 fully saturated rings. The molecule has 0 saturated carbocycles. The summed E-state index contributed by atoms with van der Waals surface area (Å²) in [7, 11) is 1.68. The van der Waals surface area contributed by atoms with Gasteiger partial charge in [-0.1, -0.05) is 24.8 Å². The van der Waals surface area contributed by atoms with Crippen molar-refractivity contribution >= 4 is 0 Å². The molecule has 1 heterocycles. The highest BCUT2D eigenvalue weighted by Gasteiger charge is 2.29. The minimum Gasteiger partial charge on any atom is -0.495 e. The molecule has 3 nitrogen and oxygen atoms in total. The zero-order valence-corrected chi connectivity index (χ0v) is 13.4. The molecule has 0 aromatic heterocycles. The molecule has 2 N–H and O–H groups in total. The molecule has 114 valence electrons. The first kappa shape index (κ1) is 15.9. The average Bonchev–Trinajstić information content (AvgIpc) is 2.86. The summed E-state index contributed by atoms with van der Waals surface area (Å²) in [4.78, 5) is 2.61. The summed E-state index contributed by atoms with van der Waals surface area (Å²) in [6.07, 6.45) is 3.84. The van der Waals surface area contributed by atoms with Gasteiger partial charge in [0, 0.05) is 18.6 Å². The van der Waals surface area contributed by atoms with Crippen LogP contribution in [0, 0.1) is 11.8 Å². The Balaban J connectivity index is 2.20. The molecule has 0 aliphatic carbocycles. The van der Waals surface area contributed by atoms with Crippen molar-refractivity contribution in [2.75, 3.05) is 13.7 Å². The number of rotatable bonds is 4. The van der Waals surface area contributed by atoms with Crippen LogP contribution in [-0.2, 0) is 6.54 Å². The predicted molar refractivity (Wildman–Crippen MR) is 87.2 cm³/mol. The molecule has 1 saturated heterocycles. The molecule has 3 heteroatoms. The van der Waals surface area contributed by atoms with E-state index in [1.807, 2.05) is 6.07 Å². The molecule has 2 unspecified atom stereocenters. The highest BCUT2D eigenvalue weighted by atomic mass is 16.5. The lowest BCUT2D eigenvalue weighted by molar-refractivity contribution is 0.189. The van der Waals surface area contributed by atoms with Crippen molar-refractivity contribution in [2.24, 2.45) is 5.73 Å². The Bertz CT molecular complexity index is 530. The van der Waals surface area contributed by atoms with Crippen LogP contribution in [0.1, 0.15) is 44.2 Å². The molecule has 1 aromatic carbocycles. The summed E-state index contributed by atoms with van der Waals surface area (Å²) in [5.41, 5.74) is 7.70. The lowest BCUT2D eigenvalue weighted by Gasteiger charge is -2.27. The second kappa shape index (κ2) is 7.49. The van der Waals surface area contributed by atoms with Crippen LogP contribution in [0.4, 0.5) is 0 Å². The van der Waals surface area contributed by atoms with Gasteiger partial charge in [-0.25, -0.2) is 0 Å². The first-order valence-corrected chi connectivity index (χ1v) is 7.81. The molecule has 0 amide bonds. The molecule has 1 aliphatic heterocycles. The van der Waals surface area contributed by atoms with Crippen LogP contribution in [0.25, 0.3) is 0 Å². The van der Waals surface area contributed by atoms with Crippen LogP contribution >= 0.6 is 0 Å². The van der Waals surface area contributed by atoms with Crippen molar-refractivity contribution in [1.29, 1.82) is 0 Å². The van der Waals surface area contributed by atoms with E-state index < -0.39 is 0 Å². The van der Waals surface area contributed by atoms with Crippen molar-refractivity contribution in [1.82, 2.24) is 4.90 Å². The van der Waals surface area contributed by atoms with Crippen molar-refractivity contribution in [3.05, 3.63) is 29.3 Å². The summed E-state index contributed by atoms with van der Waals surface area (Å²) in [6.45, 7) is 5.96. The Kier molecular flexibility index (Phi) is 5.67. The molecule has 2 rings (SSSR count). The summed E-state index contributed by atoms with van der Waals surface area (Å²) >= 11 is 0. The van der Waals surface area contributed by atoms with Crippen molar-refractivity contribution in [2.45, 2.75) is 51.7 Å². The molecule has 1 aromatic rings. The molecule has 1 aliphatic rings. The molecule has 0 spiro atoms. The van der Waals surface area contributed by atoms with Crippen LogP contribution in [-0.4, -0.2) is 30.6 Å². The normalized spacial score (nSPS) is 21.9. The highest BCUT2D eigenvalue weighted by molar-refractivity contribution is 5.48. The van der Waals surface area contributed by atoms with Gasteiger partial charge in [-0.2, -0.15) is 0 Å². The van der Waals surface area contributed by atoms with Gasteiger partial charge in [0.1, 0.15) is 5.75 Å². The number of ether oxygens (including phenoxy) is 1. The van der Waals surface area contributed by atoms with E-state index >= 15 is 0 Å². The third-order valence-electron chi connectivity index (χ3n) is 4.38. The van der Waals surface area contributed by atoms with E-state index in [4.69, 9.17) is 10.5 Å². The Morgan fingerprint density at radius 1 is 1.38 bits per heavy atom. The third-order valence-corrected chi connectivity index (χ3v) is 4.38. The highest BCUT2D eigenvalue weighted by Crippen LogP contribution is 2.29. The summed E-state index contributed by atoms with van der Waals surface area (Å²) in [5, 5.41) is 0. The van der Waals surface area contributed by atoms with Gasteiger partial charge >= 0.3 is 0 Å². The first-order valence-electron chi connectivity index (χ1n) is 7.81. The second-order valence-corrected chi connectivity index (χ2v) is 5.70. The van der Waals surface area contributed by atoms with E-state index in [1.165, 1.54) is 24.8 Å². The number of methoxy groups -OCH3 is 1. The minimum atomic E-state index is 0.369. The fourth-order valence-corrected chi connectivity index (χ4v) is 3.16. The molecular formula is C18H26N2O. The SMILES string of the molecule is CCC1CCC(C)N1Cc1ccc(OC)c(C#CCN)c1. The summed E-state index contributed by atoms with van der Waals surface area (Å²) in [6, 6.07) is 7.66. The number of hydrogen-bond donors (Lipinski definition) is 1. The lowest BCUT2D eigenvalue weighted by atomic mass is 10.1. The molecule has 0 radical (unpaired) electrons. The summed E-state index contributed by atoms with van der Waals surface area (Å²) in [5.74, 6) is 6.84. The number of nitrogens with two attached hydrogens (primary N) is 1. The molecular weight excluding hydrogens is 260 g/mol. The average molecular weight is 286 g/mol. The second-order valence-electron chi connectivity index (χ2n) is 5.70. The maximum Gasteiger partial charge on any atom is 0.134 e. The largest absolute Gasteiger partial charge is 0.495 e. The van der Waals surface area contributed by atoms with Gasteiger partial charge in [-0.15, -0.1) is 0 Å². The zero-order chi connectivity index (χ0) is 15.2. The van der Waals surface area contributed by atoms with E-state index in [0.717, 1.165) is 17.9 Å². The monoisotopic (exact) mass is 286 g/mol. The zero-order valence-electron chi connectivity index (χ0n) is 13.4. The predicted octanol–water partition coefficient (Wildman–Crippen LogP) is 2.77.